The molecule has 0 aromatic carbocycles. The Labute approximate surface area is 164 Å². The first kappa shape index (κ1) is 18.6. The summed E-state index contributed by atoms with van der Waals surface area (Å²) in [6.07, 6.45) is 14.9. The molecule has 0 N–H and O–H groups in total. The van der Waals surface area contributed by atoms with Crippen molar-refractivity contribution in [3.63, 3.8) is 0 Å². The van der Waals surface area contributed by atoms with Gasteiger partial charge < -0.3 is 9.47 Å². The average Bonchev–Trinajstić information content (AvgIpc) is 2.98. The minimum atomic E-state index is 0.0169. The molecule has 3 nitrogen and oxygen atoms in total. The van der Waals surface area contributed by atoms with E-state index in [2.05, 4.69) is 13.8 Å². The second-order valence-electron chi connectivity index (χ2n) is 10.9. The molecule has 1 heterocycles. The fourth-order valence-corrected chi connectivity index (χ4v) is 8.15. The minimum Gasteiger partial charge on any atom is -0.353 e. The van der Waals surface area contributed by atoms with E-state index in [1.807, 2.05) is 0 Å². The largest absolute Gasteiger partial charge is 0.353 e. The van der Waals surface area contributed by atoms with Crippen LogP contribution in [0.25, 0.3) is 0 Å². The summed E-state index contributed by atoms with van der Waals surface area (Å²) >= 11 is 0. The lowest BCUT2D eigenvalue weighted by molar-refractivity contribution is -0.211. The molecular weight excluding hydrogens is 336 g/mol. The first-order valence-corrected chi connectivity index (χ1v) is 11.8. The van der Waals surface area contributed by atoms with E-state index < -0.39 is 0 Å². The molecule has 0 aromatic rings. The van der Waals surface area contributed by atoms with Crippen molar-refractivity contribution in [1.29, 1.82) is 0 Å². The molecule has 5 fully saturated rings. The van der Waals surface area contributed by atoms with Gasteiger partial charge in [-0.1, -0.05) is 13.8 Å². The van der Waals surface area contributed by atoms with E-state index in [0.717, 1.165) is 43.6 Å². The third-order valence-electron chi connectivity index (χ3n) is 9.81. The standard InChI is InChI=1S/C24H38O3/c1-23-12-10-17(27-22-5-3-4-14-26-22)15-16(23)6-7-18-19-8-9-21(25)24(19,2)13-11-20(18)23/h16-20,22H,3-15H2,1-2H3. The highest BCUT2D eigenvalue weighted by atomic mass is 16.7. The first-order chi connectivity index (χ1) is 13.0. The maximum absolute atomic E-state index is 12.6. The number of carbonyl (C=O) groups excluding carboxylic acids is 1. The Kier molecular flexibility index (Phi) is 4.71. The SMILES string of the molecule is CC12CCC3C(CCC4CC(OC5CCCCO5)CCC43C)C1CCC2=O. The molecule has 1 saturated heterocycles. The van der Waals surface area contributed by atoms with Gasteiger partial charge in [-0.05, 0) is 99.7 Å². The van der Waals surface area contributed by atoms with Gasteiger partial charge in [0.25, 0.3) is 0 Å². The Morgan fingerprint density at radius 3 is 2.67 bits per heavy atom. The van der Waals surface area contributed by atoms with Crippen LogP contribution in [0.2, 0.25) is 0 Å². The number of fused-ring (bicyclic) bond motifs is 5. The van der Waals surface area contributed by atoms with Gasteiger partial charge in [0.2, 0.25) is 0 Å². The van der Waals surface area contributed by atoms with Gasteiger partial charge in [-0.3, -0.25) is 4.79 Å². The molecule has 8 atom stereocenters. The summed E-state index contributed by atoms with van der Waals surface area (Å²) in [7, 11) is 0. The topological polar surface area (TPSA) is 35.5 Å². The Bertz CT molecular complexity index is 582. The fraction of sp³-hybridized carbons (Fsp3) is 0.958. The molecule has 4 saturated carbocycles. The fourth-order valence-electron chi connectivity index (χ4n) is 8.15. The van der Waals surface area contributed by atoms with Gasteiger partial charge in [0.1, 0.15) is 5.78 Å². The number of ketones is 1. The van der Waals surface area contributed by atoms with Crippen LogP contribution in [0, 0.1) is 34.5 Å². The summed E-state index contributed by atoms with van der Waals surface area (Å²) in [5.41, 5.74) is 0.492. The molecule has 8 unspecified atom stereocenters. The van der Waals surface area contributed by atoms with Gasteiger partial charge in [0, 0.05) is 18.4 Å². The van der Waals surface area contributed by atoms with Gasteiger partial charge in [0.15, 0.2) is 6.29 Å². The molecule has 0 radical (unpaired) electrons. The van der Waals surface area contributed by atoms with Crippen LogP contribution in [-0.2, 0) is 14.3 Å². The number of rotatable bonds is 2. The van der Waals surface area contributed by atoms with E-state index in [0.29, 0.717) is 23.2 Å². The molecule has 5 aliphatic rings. The van der Waals surface area contributed by atoms with Gasteiger partial charge in [-0.2, -0.15) is 0 Å². The highest BCUT2D eigenvalue weighted by Crippen LogP contribution is 2.65. The predicted octanol–water partition coefficient (Wildman–Crippen LogP) is 5.51. The lowest BCUT2D eigenvalue weighted by Crippen LogP contribution is -2.54. The molecule has 5 rings (SSSR count). The van der Waals surface area contributed by atoms with Crippen molar-refractivity contribution in [3.05, 3.63) is 0 Å². The van der Waals surface area contributed by atoms with Gasteiger partial charge >= 0.3 is 0 Å². The minimum absolute atomic E-state index is 0.0169. The number of Topliss-reactive ketones (excluding diaryl/α,β-unsaturated/α-hetero) is 1. The molecule has 3 heteroatoms. The van der Waals surface area contributed by atoms with Crippen molar-refractivity contribution in [2.45, 2.75) is 103 Å². The van der Waals surface area contributed by atoms with Crippen LogP contribution in [-0.4, -0.2) is 24.8 Å². The van der Waals surface area contributed by atoms with Crippen molar-refractivity contribution < 1.29 is 14.3 Å². The Balaban J connectivity index is 1.28. The highest BCUT2D eigenvalue weighted by molar-refractivity contribution is 5.87. The van der Waals surface area contributed by atoms with Crippen molar-refractivity contribution in [3.8, 4) is 0 Å². The molecule has 27 heavy (non-hydrogen) atoms. The predicted molar refractivity (Wildman–Crippen MR) is 105 cm³/mol. The average molecular weight is 375 g/mol. The maximum atomic E-state index is 12.6. The lowest BCUT2D eigenvalue weighted by Gasteiger charge is -2.60. The molecular formula is C24H38O3. The smallest absolute Gasteiger partial charge is 0.157 e. The number of hydrogen-bond acceptors (Lipinski definition) is 3. The Morgan fingerprint density at radius 2 is 1.85 bits per heavy atom. The van der Waals surface area contributed by atoms with Crippen LogP contribution in [0.5, 0.6) is 0 Å². The summed E-state index contributed by atoms with van der Waals surface area (Å²) < 4.78 is 12.2. The van der Waals surface area contributed by atoms with E-state index >= 15 is 0 Å². The van der Waals surface area contributed by atoms with Crippen molar-refractivity contribution in [2.75, 3.05) is 6.61 Å². The first-order valence-electron chi connectivity index (χ1n) is 11.8. The van der Waals surface area contributed by atoms with Crippen LogP contribution >= 0.6 is 0 Å². The summed E-state index contributed by atoms with van der Waals surface area (Å²) in [4.78, 5) is 12.6. The summed E-state index contributed by atoms with van der Waals surface area (Å²) in [6.45, 7) is 5.77. The second-order valence-corrected chi connectivity index (χ2v) is 10.9. The van der Waals surface area contributed by atoms with Gasteiger partial charge in [-0.25, -0.2) is 0 Å². The van der Waals surface area contributed by atoms with E-state index in [1.165, 1.54) is 57.8 Å². The molecule has 0 aromatic heterocycles. The quantitative estimate of drug-likeness (QED) is 0.598. The number of carbonyl (C=O) groups is 1. The van der Waals surface area contributed by atoms with Crippen molar-refractivity contribution in [2.24, 2.45) is 34.5 Å². The zero-order chi connectivity index (χ0) is 18.6. The zero-order valence-corrected chi connectivity index (χ0v) is 17.4. The van der Waals surface area contributed by atoms with Crippen LogP contribution in [0.3, 0.4) is 0 Å². The molecule has 4 aliphatic carbocycles. The van der Waals surface area contributed by atoms with Crippen molar-refractivity contribution >= 4 is 5.78 Å². The van der Waals surface area contributed by atoms with E-state index in [-0.39, 0.29) is 11.7 Å². The van der Waals surface area contributed by atoms with Crippen LogP contribution in [0.15, 0.2) is 0 Å². The normalized spacial score (nSPS) is 52.7. The lowest BCUT2D eigenvalue weighted by atomic mass is 9.45. The number of hydrogen-bond donors (Lipinski definition) is 0. The monoisotopic (exact) mass is 374 g/mol. The molecule has 0 amide bonds. The van der Waals surface area contributed by atoms with E-state index in [4.69, 9.17) is 9.47 Å². The zero-order valence-electron chi connectivity index (χ0n) is 17.4. The second kappa shape index (κ2) is 6.83. The van der Waals surface area contributed by atoms with E-state index in [1.54, 1.807) is 0 Å². The Morgan fingerprint density at radius 1 is 0.963 bits per heavy atom. The summed E-state index contributed by atoms with van der Waals surface area (Å²) in [5.74, 6) is 3.69. The van der Waals surface area contributed by atoms with Crippen LogP contribution in [0.1, 0.15) is 90.9 Å². The van der Waals surface area contributed by atoms with E-state index in [9.17, 15) is 4.79 Å². The molecule has 152 valence electrons. The maximum Gasteiger partial charge on any atom is 0.157 e. The Hall–Kier alpha value is -0.410. The van der Waals surface area contributed by atoms with Gasteiger partial charge in [0.05, 0.1) is 6.10 Å². The summed E-state index contributed by atoms with van der Waals surface area (Å²) in [5, 5.41) is 0. The van der Waals surface area contributed by atoms with Crippen LogP contribution < -0.4 is 0 Å². The van der Waals surface area contributed by atoms with Gasteiger partial charge in [-0.15, -0.1) is 0 Å². The summed E-state index contributed by atoms with van der Waals surface area (Å²) in [6, 6.07) is 0. The molecule has 1 aliphatic heterocycles. The molecule has 0 bridgehead atoms. The third kappa shape index (κ3) is 2.94. The van der Waals surface area contributed by atoms with Crippen molar-refractivity contribution in [1.82, 2.24) is 0 Å². The van der Waals surface area contributed by atoms with Crippen LogP contribution in [0.4, 0.5) is 0 Å². The number of ether oxygens (including phenoxy) is 2. The molecule has 0 spiro atoms. The third-order valence-corrected chi connectivity index (χ3v) is 9.81. The highest BCUT2D eigenvalue weighted by Gasteiger charge is 2.60.